The second-order valence-corrected chi connectivity index (χ2v) is 8.36. The van der Waals surface area contributed by atoms with Crippen LogP contribution in [-0.2, 0) is 9.59 Å². The van der Waals surface area contributed by atoms with Crippen molar-refractivity contribution in [3.8, 4) is 0 Å². The summed E-state index contributed by atoms with van der Waals surface area (Å²) in [7, 11) is 0. The van der Waals surface area contributed by atoms with Gasteiger partial charge in [-0.05, 0) is 33.6 Å². The Morgan fingerprint density at radius 1 is 1.09 bits per heavy atom. The summed E-state index contributed by atoms with van der Waals surface area (Å²) in [6.07, 6.45) is 0.854. The van der Waals surface area contributed by atoms with E-state index in [-0.39, 0.29) is 23.3 Å². The third-order valence-electron chi connectivity index (χ3n) is 3.91. The molecule has 0 aromatic rings. The van der Waals surface area contributed by atoms with Crippen molar-refractivity contribution in [2.75, 3.05) is 13.1 Å². The number of nitrogens with two attached hydrogens (primary N) is 1. The summed E-state index contributed by atoms with van der Waals surface area (Å²) in [5, 5.41) is 13.5. The lowest BCUT2D eigenvalue weighted by molar-refractivity contribution is -0.139. The smallest absolute Gasteiger partial charge is 0.246 e. The van der Waals surface area contributed by atoms with E-state index in [0.717, 1.165) is 0 Å². The summed E-state index contributed by atoms with van der Waals surface area (Å²) in [4.78, 5) is 27.0. The first kappa shape index (κ1) is 19.3. The van der Waals surface area contributed by atoms with Gasteiger partial charge in [0.1, 0.15) is 5.54 Å². The van der Waals surface area contributed by atoms with Crippen molar-refractivity contribution < 1.29 is 9.59 Å². The van der Waals surface area contributed by atoms with E-state index in [2.05, 4.69) is 10.6 Å². The quantitative estimate of drug-likeness (QED) is 0.444. The molecule has 23 heavy (non-hydrogen) atoms. The van der Waals surface area contributed by atoms with Crippen LogP contribution in [0.5, 0.6) is 0 Å². The largest absolute Gasteiger partial charge is 0.370 e. The first-order valence-corrected chi connectivity index (χ1v) is 8.01. The summed E-state index contributed by atoms with van der Waals surface area (Å²) in [6, 6.07) is 0. The highest BCUT2D eigenvalue weighted by atomic mass is 16.2. The molecule has 0 aromatic heterocycles. The molecule has 0 radical (unpaired) electrons. The Morgan fingerprint density at radius 3 is 1.91 bits per heavy atom. The van der Waals surface area contributed by atoms with E-state index in [1.807, 2.05) is 41.5 Å². The molecule has 2 amide bonds. The summed E-state index contributed by atoms with van der Waals surface area (Å²) in [6.45, 7) is 12.1. The minimum absolute atomic E-state index is 0.00280. The first-order valence-electron chi connectivity index (χ1n) is 8.01. The first-order chi connectivity index (χ1) is 10.3. The van der Waals surface area contributed by atoms with Gasteiger partial charge in [-0.25, -0.2) is 0 Å². The number of amides is 2. The molecular weight excluding hydrogens is 294 g/mol. The van der Waals surface area contributed by atoms with Crippen LogP contribution >= 0.6 is 0 Å². The molecule has 0 atom stereocenters. The molecule has 1 aliphatic rings. The zero-order chi connectivity index (χ0) is 18.1. The predicted octanol–water partition coefficient (Wildman–Crippen LogP) is 0.791. The maximum Gasteiger partial charge on any atom is 0.246 e. The topological polar surface area (TPSA) is 111 Å². The number of hydrogen-bond donors (Lipinski definition) is 4. The van der Waals surface area contributed by atoms with Crippen molar-refractivity contribution in [2.45, 2.75) is 65.5 Å². The van der Waals surface area contributed by atoms with Gasteiger partial charge in [-0.2, -0.15) is 0 Å². The summed E-state index contributed by atoms with van der Waals surface area (Å²) >= 11 is 0. The second-order valence-electron chi connectivity index (χ2n) is 8.36. The Bertz CT molecular complexity index is 480. The van der Waals surface area contributed by atoms with Gasteiger partial charge in [-0.15, -0.1) is 0 Å². The molecule has 0 unspecified atom stereocenters. The molecule has 7 nitrogen and oxygen atoms in total. The van der Waals surface area contributed by atoms with Crippen molar-refractivity contribution in [1.82, 2.24) is 15.5 Å². The number of carbonyl (C=O) groups is 2. The molecule has 0 saturated carbocycles. The van der Waals surface area contributed by atoms with Gasteiger partial charge in [0, 0.05) is 24.0 Å². The van der Waals surface area contributed by atoms with Gasteiger partial charge < -0.3 is 21.3 Å². The van der Waals surface area contributed by atoms with Gasteiger partial charge in [-0.3, -0.25) is 15.0 Å². The summed E-state index contributed by atoms with van der Waals surface area (Å²) in [5.41, 5.74) is 3.61. The van der Waals surface area contributed by atoms with Crippen LogP contribution in [0.1, 0.15) is 54.4 Å². The normalized spacial score (nSPS) is 18.3. The Hall–Kier alpha value is -1.79. The number of nitrogens with zero attached hydrogens (tertiary/aromatic N) is 1. The van der Waals surface area contributed by atoms with Gasteiger partial charge >= 0.3 is 0 Å². The molecule has 0 aliphatic carbocycles. The van der Waals surface area contributed by atoms with Gasteiger partial charge in [0.15, 0.2) is 5.96 Å². The molecule has 1 aliphatic heterocycles. The van der Waals surface area contributed by atoms with E-state index in [0.29, 0.717) is 25.9 Å². The van der Waals surface area contributed by atoms with E-state index in [1.165, 1.54) is 0 Å². The number of rotatable bonds is 2. The summed E-state index contributed by atoms with van der Waals surface area (Å²) < 4.78 is 0. The lowest BCUT2D eigenvalue weighted by Crippen LogP contribution is -2.67. The Labute approximate surface area is 138 Å². The molecule has 1 rings (SSSR count). The van der Waals surface area contributed by atoms with E-state index in [9.17, 15) is 9.59 Å². The van der Waals surface area contributed by atoms with Crippen molar-refractivity contribution in [1.29, 1.82) is 5.41 Å². The zero-order valence-corrected chi connectivity index (χ0v) is 15.2. The highest BCUT2D eigenvalue weighted by Gasteiger charge is 2.45. The molecule has 1 fully saturated rings. The molecule has 1 saturated heterocycles. The van der Waals surface area contributed by atoms with E-state index >= 15 is 0 Å². The van der Waals surface area contributed by atoms with Crippen LogP contribution in [0.25, 0.3) is 0 Å². The number of likely N-dealkylation sites (tertiary alicyclic amines) is 1. The zero-order valence-electron chi connectivity index (χ0n) is 15.2. The average molecular weight is 325 g/mol. The molecular formula is C16H31N5O2. The SMILES string of the molecule is CC(C)(C)NC(=O)C1(NC(=O)C(C)(C)C)CCN(C(=N)N)CC1. The molecule has 0 bridgehead atoms. The minimum atomic E-state index is -0.955. The van der Waals surface area contributed by atoms with Crippen molar-refractivity contribution in [2.24, 2.45) is 11.1 Å². The van der Waals surface area contributed by atoms with E-state index in [1.54, 1.807) is 4.90 Å². The van der Waals surface area contributed by atoms with Crippen LogP contribution in [0.2, 0.25) is 0 Å². The van der Waals surface area contributed by atoms with Crippen LogP contribution in [0.15, 0.2) is 0 Å². The molecule has 0 spiro atoms. The second kappa shape index (κ2) is 6.37. The Balaban J connectivity index is 3.00. The fraction of sp³-hybridized carbons (Fsp3) is 0.812. The number of guanidine groups is 1. The van der Waals surface area contributed by atoms with E-state index < -0.39 is 11.0 Å². The number of hydrogen-bond acceptors (Lipinski definition) is 3. The monoisotopic (exact) mass is 325 g/mol. The molecule has 0 aromatic carbocycles. The lowest BCUT2D eigenvalue weighted by Gasteiger charge is -2.43. The molecule has 1 heterocycles. The standard InChI is InChI=1S/C16H31N5O2/c1-14(2,3)11(22)20-16(12(23)19-15(4,5)6)7-9-21(10-8-16)13(17)18/h7-10H2,1-6H3,(H3,17,18)(H,19,23)(H,20,22). The van der Waals surface area contributed by atoms with Crippen molar-refractivity contribution in [3.63, 3.8) is 0 Å². The van der Waals surface area contributed by atoms with Gasteiger partial charge in [0.2, 0.25) is 11.8 Å². The maximum absolute atomic E-state index is 12.8. The molecule has 5 N–H and O–H groups in total. The number of piperidine rings is 1. The number of carbonyl (C=O) groups excluding carboxylic acids is 2. The lowest BCUT2D eigenvalue weighted by atomic mass is 9.83. The van der Waals surface area contributed by atoms with Gasteiger partial charge in [0.25, 0.3) is 0 Å². The third-order valence-corrected chi connectivity index (χ3v) is 3.91. The fourth-order valence-corrected chi connectivity index (χ4v) is 2.40. The van der Waals surface area contributed by atoms with Gasteiger partial charge in [-0.1, -0.05) is 20.8 Å². The predicted molar refractivity (Wildman–Crippen MR) is 90.9 cm³/mol. The third kappa shape index (κ3) is 5.11. The Morgan fingerprint density at radius 2 is 1.57 bits per heavy atom. The van der Waals surface area contributed by atoms with Crippen LogP contribution < -0.4 is 16.4 Å². The number of nitrogens with one attached hydrogen (secondary N) is 3. The van der Waals surface area contributed by atoms with E-state index in [4.69, 9.17) is 11.1 Å². The minimum Gasteiger partial charge on any atom is -0.370 e. The van der Waals surface area contributed by atoms with Crippen molar-refractivity contribution >= 4 is 17.8 Å². The summed E-state index contributed by atoms with van der Waals surface area (Å²) in [5.74, 6) is -0.333. The molecule has 7 heteroatoms. The van der Waals surface area contributed by atoms with Crippen molar-refractivity contribution in [3.05, 3.63) is 0 Å². The van der Waals surface area contributed by atoms with Crippen LogP contribution in [0, 0.1) is 10.8 Å². The molecule has 132 valence electrons. The Kier molecular flexibility index (Phi) is 5.34. The van der Waals surface area contributed by atoms with Crippen LogP contribution in [-0.4, -0.2) is 46.8 Å². The van der Waals surface area contributed by atoms with Crippen LogP contribution in [0.3, 0.4) is 0 Å². The fourth-order valence-electron chi connectivity index (χ4n) is 2.40. The highest BCUT2D eigenvalue weighted by molar-refractivity contribution is 5.93. The maximum atomic E-state index is 12.8. The van der Waals surface area contributed by atoms with Gasteiger partial charge in [0.05, 0.1) is 0 Å². The van der Waals surface area contributed by atoms with Crippen LogP contribution in [0.4, 0.5) is 0 Å². The highest BCUT2D eigenvalue weighted by Crippen LogP contribution is 2.26. The average Bonchev–Trinajstić information content (AvgIpc) is 2.35.